The molecule has 9 heteroatoms. The van der Waals surface area contributed by atoms with Gasteiger partial charge in [0.25, 0.3) is 10.0 Å². The third-order valence-electron chi connectivity index (χ3n) is 5.18. The Balaban J connectivity index is 1.59. The SMILES string of the molecule is CC(C)c1ccc(CCC(=O)Nc2ccc(S(=O)(=O)Nc3cccc(C(F)(F)F)c3)cc2)cc1. The number of carbonyl (C=O) groups excluding carboxylic acids is 1. The molecule has 3 aromatic rings. The number of sulfonamides is 1. The second-order valence-electron chi connectivity index (χ2n) is 8.15. The van der Waals surface area contributed by atoms with E-state index < -0.39 is 21.8 Å². The van der Waals surface area contributed by atoms with Gasteiger partial charge in [0.1, 0.15) is 0 Å². The van der Waals surface area contributed by atoms with Gasteiger partial charge in [-0.2, -0.15) is 13.2 Å². The molecule has 0 heterocycles. The first-order valence-corrected chi connectivity index (χ1v) is 12.1. The summed E-state index contributed by atoms with van der Waals surface area (Å²) in [6, 6.07) is 17.4. The zero-order chi connectivity index (χ0) is 24.9. The molecule has 0 bridgehead atoms. The van der Waals surface area contributed by atoms with Crippen molar-refractivity contribution in [2.45, 2.75) is 43.7 Å². The molecule has 1 amide bonds. The molecule has 0 aliphatic rings. The number of anilines is 2. The van der Waals surface area contributed by atoms with Crippen LogP contribution in [0.5, 0.6) is 0 Å². The molecule has 0 aliphatic heterocycles. The molecule has 0 fully saturated rings. The summed E-state index contributed by atoms with van der Waals surface area (Å²) >= 11 is 0. The predicted molar refractivity (Wildman–Crippen MR) is 126 cm³/mol. The Morgan fingerprint density at radius 2 is 1.56 bits per heavy atom. The molecule has 0 saturated carbocycles. The van der Waals surface area contributed by atoms with Crippen molar-refractivity contribution < 1.29 is 26.4 Å². The Hall–Kier alpha value is -3.33. The lowest BCUT2D eigenvalue weighted by molar-refractivity contribution is -0.137. The van der Waals surface area contributed by atoms with Gasteiger partial charge in [-0.05, 0) is 65.9 Å². The maximum absolute atomic E-state index is 12.9. The number of amides is 1. The van der Waals surface area contributed by atoms with Gasteiger partial charge in [-0.3, -0.25) is 9.52 Å². The number of hydrogen-bond donors (Lipinski definition) is 2. The van der Waals surface area contributed by atoms with Crippen LogP contribution in [0, 0.1) is 0 Å². The average molecular weight is 491 g/mol. The maximum atomic E-state index is 12.9. The van der Waals surface area contributed by atoms with E-state index in [1.807, 2.05) is 24.3 Å². The van der Waals surface area contributed by atoms with Gasteiger partial charge in [-0.15, -0.1) is 0 Å². The average Bonchev–Trinajstić information content (AvgIpc) is 2.77. The fourth-order valence-corrected chi connectivity index (χ4v) is 4.29. The summed E-state index contributed by atoms with van der Waals surface area (Å²) in [5.74, 6) is 0.218. The van der Waals surface area contributed by atoms with Crippen LogP contribution >= 0.6 is 0 Å². The molecule has 2 N–H and O–H groups in total. The van der Waals surface area contributed by atoms with Crippen LogP contribution < -0.4 is 10.0 Å². The summed E-state index contributed by atoms with van der Waals surface area (Å²) in [6.45, 7) is 4.22. The lowest BCUT2D eigenvalue weighted by atomic mass is 10.0. The van der Waals surface area contributed by atoms with Crippen LogP contribution in [-0.2, 0) is 27.4 Å². The molecule has 0 aromatic heterocycles. The minimum atomic E-state index is -4.58. The number of alkyl halides is 3. The fourth-order valence-electron chi connectivity index (χ4n) is 3.24. The summed E-state index contributed by atoms with van der Waals surface area (Å²) in [5, 5.41) is 2.72. The Bertz CT molecular complexity index is 1240. The fraction of sp³-hybridized carbons (Fsp3) is 0.240. The second kappa shape index (κ2) is 10.3. The van der Waals surface area contributed by atoms with Gasteiger partial charge in [-0.1, -0.05) is 44.2 Å². The molecule has 34 heavy (non-hydrogen) atoms. The van der Waals surface area contributed by atoms with Crippen molar-refractivity contribution in [3.05, 3.63) is 89.5 Å². The summed E-state index contributed by atoms with van der Waals surface area (Å²) in [6.07, 6.45) is -3.76. The summed E-state index contributed by atoms with van der Waals surface area (Å²) < 4.78 is 65.8. The van der Waals surface area contributed by atoms with Crippen LogP contribution in [-0.4, -0.2) is 14.3 Å². The van der Waals surface area contributed by atoms with E-state index >= 15 is 0 Å². The molecule has 0 saturated heterocycles. The molecule has 5 nitrogen and oxygen atoms in total. The topological polar surface area (TPSA) is 75.3 Å². The molecule has 0 unspecified atom stereocenters. The molecule has 3 aromatic carbocycles. The van der Waals surface area contributed by atoms with Crippen molar-refractivity contribution in [2.24, 2.45) is 0 Å². The van der Waals surface area contributed by atoms with E-state index in [9.17, 15) is 26.4 Å². The van der Waals surface area contributed by atoms with Crippen molar-refractivity contribution in [2.75, 3.05) is 10.0 Å². The lowest BCUT2D eigenvalue weighted by Gasteiger charge is -2.12. The zero-order valence-electron chi connectivity index (χ0n) is 18.7. The third kappa shape index (κ3) is 6.84. The minimum absolute atomic E-state index is 0.145. The highest BCUT2D eigenvalue weighted by Crippen LogP contribution is 2.31. The van der Waals surface area contributed by atoms with E-state index in [1.54, 1.807) is 0 Å². The highest BCUT2D eigenvalue weighted by atomic mass is 32.2. The lowest BCUT2D eigenvalue weighted by Crippen LogP contribution is -2.15. The van der Waals surface area contributed by atoms with Gasteiger partial charge in [0.15, 0.2) is 0 Å². The first-order chi connectivity index (χ1) is 15.9. The van der Waals surface area contributed by atoms with Crippen LogP contribution in [0.15, 0.2) is 77.7 Å². The van der Waals surface area contributed by atoms with Gasteiger partial charge >= 0.3 is 6.18 Å². The highest BCUT2D eigenvalue weighted by Gasteiger charge is 2.30. The Morgan fingerprint density at radius 1 is 0.912 bits per heavy atom. The number of hydrogen-bond acceptors (Lipinski definition) is 3. The zero-order valence-corrected chi connectivity index (χ0v) is 19.5. The number of aryl methyl sites for hydroxylation is 1. The molecule has 0 atom stereocenters. The summed E-state index contributed by atoms with van der Waals surface area (Å²) in [4.78, 5) is 12.1. The normalized spacial score (nSPS) is 11.9. The molecule has 0 radical (unpaired) electrons. The number of nitrogens with one attached hydrogen (secondary N) is 2. The molecule has 0 spiro atoms. The van der Waals surface area contributed by atoms with Crippen molar-refractivity contribution in [3.8, 4) is 0 Å². The number of carbonyl (C=O) groups is 1. The van der Waals surface area contributed by atoms with Crippen LogP contribution in [0.3, 0.4) is 0 Å². The quantitative estimate of drug-likeness (QED) is 0.395. The standard InChI is InChI=1S/C25H25F3N2O3S/c1-17(2)19-9-6-18(7-10-19)8-15-24(31)29-21-11-13-23(14-12-21)34(32,33)30-22-5-3-4-20(16-22)25(26,27)28/h3-7,9-14,16-17,30H,8,15H2,1-2H3,(H,29,31). The first kappa shape index (κ1) is 25.3. The van der Waals surface area contributed by atoms with Gasteiger partial charge in [0.05, 0.1) is 10.5 Å². The van der Waals surface area contributed by atoms with E-state index in [0.29, 0.717) is 18.0 Å². The minimum Gasteiger partial charge on any atom is -0.326 e. The predicted octanol–water partition coefficient (Wildman–Crippen LogP) is 6.20. The Morgan fingerprint density at radius 3 is 2.15 bits per heavy atom. The van der Waals surface area contributed by atoms with Crippen molar-refractivity contribution in [1.29, 1.82) is 0 Å². The van der Waals surface area contributed by atoms with Crippen LogP contribution in [0.25, 0.3) is 0 Å². The number of benzene rings is 3. The van der Waals surface area contributed by atoms with Crippen LogP contribution in [0.4, 0.5) is 24.5 Å². The molecule has 3 rings (SSSR count). The summed E-state index contributed by atoms with van der Waals surface area (Å²) in [7, 11) is -4.11. The van der Waals surface area contributed by atoms with E-state index in [2.05, 4.69) is 23.9 Å². The molecular weight excluding hydrogens is 465 g/mol. The third-order valence-corrected chi connectivity index (χ3v) is 6.57. The van der Waals surface area contributed by atoms with Gasteiger partial charge in [-0.25, -0.2) is 8.42 Å². The van der Waals surface area contributed by atoms with Gasteiger partial charge in [0, 0.05) is 17.8 Å². The maximum Gasteiger partial charge on any atom is 0.416 e. The monoisotopic (exact) mass is 490 g/mol. The van der Waals surface area contributed by atoms with E-state index in [0.717, 1.165) is 23.8 Å². The Labute approximate surface area is 197 Å². The first-order valence-electron chi connectivity index (χ1n) is 10.6. The molecule has 180 valence electrons. The van der Waals surface area contributed by atoms with Crippen molar-refractivity contribution >= 4 is 27.3 Å². The Kier molecular flexibility index (Phi) is 7.66. The molecule has 0 aliphatic carbocycles. The number of rotatable bonds is 8. The van der Waals surface area contributed by atoms with Crippen LogP contribution in [0.1, 0.15) is 42.9 Å². The summed E-state index contributed by atoms with van der Waals surface area (Å²) in [5.41, 5.74) is 1.53. The number of halogens is 3. The van der Waals surface area contributed by atoms with E-state index in [-0.39, 0.29) is 22.9 Å². The van der Waals surface area contributed by atoms with Crippen LogP contribution in [0.2, 0.25) is 0 Å². The van der Waals surface area contributed by atoms with E-state index in [4.69, 9.17) is 0 Å². The van der Waals surface area contributed by atoms with Crippen molar-refractivity contribution in [1.82, 2.24) is 0 Å². The second-order valence-corrected chi connectivity index (χ2v) is 9.84. The molecular formula is C25H25F3N2O3S. The van der Waals surface area contributed by atoms with Gasteiger partial charge in [0.2, 0.25) is 5.91 Å². The highest BCUT2D eigenvalue weighted by molar-refractivity contribution is 7.92. The largest absolute Gasteiger partial charge is 0.416 e. The smallest absolute Gasteiger partial charge is 0.326 e. The van der Waals surface area contributed by atoms with Gasteiger partial charge < -0.3 is 5.32 Å². The van der Waals surface area contributed by atoms with E-state index in [1.165, 1.54) is 35.9 Å². The van der Waals surface area contributed by atoms with Crippen molar-refractivity contribution in [3.63, 3.8) is 0 Å².